The molecule has 0 saturated carbocycles. The molecule has 0 atom stereocenters. The summed E-state index contributed by atoms with van der Waals surface area (Å²) in [7, 11) is 1.54. The zero-order chi connectivity index (χ0) is 14.9. The number of halogens is 2. The third-order valence-corrected chi connectivity index (χ3v) is 4.16. The maximum atomic E-state index is 13.7. The number of benzene rings is 1. The fourth-order valence-electron chi connectivity index (χ4n) is 1.70. The number of ketones is 1. The van der Waals surface area contributed by atoms with Gasteiger partial charge in [0.15, 0.2) is 5.78 Å². The Balaban J connectivity index is 2.51. The molecule has 6 heteroatoms. The molecule has 0 unspecified atom stereocenters. The number of nitrogens with zero attached hydrogens (tertiary/aromatic N) is 1. The first-order chi connectivity index (χ1) is 9.41. The van der Waals surface area contributed by atoms with Crippen molar-refractivity contribution in [2.75, 3.05) is 11.9 Å². The summed E-state index contributed by atoms with van der Waals surface area (Å²) >= 11 is 7.03. The highest BCUT2D eigenvalue weighted by Crippen LogP contribution is 2.35. The van der Waals surface area contributed by atoms with Gasteiger partial charge in [-0.1, -0.05) is 23.7 Å². The molecule has 1 aromatic heterocycles. The van der Waals surface area contributed by atoms with Crippen molar-refractivity contribution >= 4 is 39.6 Å². The molecular weight excluding hydrogens is 301 g/mol. The number of hydrogen-bond acceptors (Lipinski definition) is 3. The lowest BCUT2D eigenvalue weighted by Gasteiger charge is -2.14. The summed E-state index contributed by atoms with van der Waals surface area (Å²) in [5.74, 6) is -1.32. The van der Waals surface area contributed by atoms with Crippen molar-refractivity contribution in [3.63, 3.8) is 0 Å². The first kappa shape index (κ1) is 14.7. The quantitative estimate of drug-likeness (QED) is 0.809. The number of amides is 1. The largest absolute Gasteiger partial charge is 0.307 e. The Morgan fingerprint density at radius 3 is 2.50 bits per heavy atom. The van der Waals surface area contributed by atoms with Gasteiger partial charge in [-0.15, -0.1) is 11.3 Å². The molecule has 1 aromatic carbocycles. The first-order valence-electron chi connectivity index (χ1n) is 5.74. The van der Waals surface area contributed by atoms with E-state index < -0.39 is 11.6 Å². The van der Waals surface area contributed by atoms with E-state index in [1.165, 1.54) is 36.1 Å². The second-order valence-electron chi connectivity index (χ2n) is 4.16. The first-order valence-corrected chi connectivity index (χ1v) is 6.94. The Morgan fingerprint density at radius 2 is 1.90 bits per heavy atom. The minimum Gasteiger partial charge on any atom is -0.307 e. The Morgan fingerprint density at radius 1 is 1.25 bits per heavy atom. The highest BCUT2D eigenvalue weighted by atomic mass is 35.5. The van der Waals surface area contributed by atoms with E-state index in [1.54, 1.807) is 13.1 Å². The molecule has 0 radical (unpaired) electrons. The van der Waals surface area contributed by atoms with Crippen LogP contribution in [0.1, 0.15) is 22.8 Å². The van der Waals surface area contributed by atoms with Gasteiger partial charge in [0.05, 0.1) is 15.5 Å². The summed E-state index contributed by atoms with van der Waals surface area (Å²) in [6, 6.07) is 7.17. The van der Waals surface area contributed by atoms with E-state index >= 15 is 0 Å². The monoisotopic (exact) mass is 311 g/mol. The lowest BCUT2D eigenvalue weighted by atomic mass is 10.0. The predicted octanol–water partition coefficient (Wildman–Crippen LogP) is 3.75. The lowest BCUT2D eigenvalue weighted by molar-refractivity contribution is -0.116. The van der Waals surface area contributed by atoms with Crippen molar-refractivity contribution in [3.05, 3.63) is 51.6 Å². The molecule has 0 fully saturated rings. The van der Waals surface area contributed by atoms with Gasteiger partial charge in [-0.3, -0.25) is 9.59 Å². The number of thiophene rings is 1. The van der Waals surface area contributed by atoms with Crippen LogP contribution in [0.25, 0.3) is 0 Å². The molecule has 0 N–H and O–H groups in total. The minimum absolute atomic E-state index is 0.0415. The van der Waals surface area contributed by atoms with Crippen LogP contribution in [0.5, 0.6) is 0 Å². The summed E-state index contributed by atoms with van der Waals surface area (Å²) in [4.78, 5) is 25.2. The summed E-state index contributed by atoms with van der Waals surface area (Å²) in [5.41, 5.74) is 0.183. The standard InChI is InChI=1S/C14H11ClFNO2S/c1-8(18)17(2)14-10(7-12(15)20-14)13(19)9-5-3-4-6-11(9)16/h3-7H,1-2H3. The molecule has 0 spiro atoms. The van der Waals surface area contributed by atoms with Crippen LogP contribution < -0.4 is 4.90 Å². The normalized spacial score (nSPS) is 10.4. The Kier molecular flexibility index (Phi) is 4.20. The van der Waals surface area contributed by atoms with E-state index in [2.05, 4.69) is 0 Å². The van der Waals surface area contributed by atoms with Crippen molar-refractivity contribution in [1.82, 2.24) is 0 Å². The van der Waals surface area contributed by atoms with E-state index in [0.717, 1.165) is 11.3 Å². The van der Waals surface area contributed by atoms with Crippen LogP contribution in [0, 0.1) is 5.82 Å². The van der Waals surface area contributed by atoms with E-state index in [4.69, 9.17) is 11.6 Å². The van der Waals surface area contributed by atoms with Crippen LogP contribution >= 0.6 is 22.9 Å². The van der Waals surface area contributed by atoms with Crippen molar-refractivity contribution in [2.45, 2.75) is 6.92 Å². The predicted molar refractivity (Wildman–Crippen MR) is 78.2 cm³/mol. The molecule has 20 heavy (non-hydrogen) atoms. The molecule has 0 aliphatic heterocycles. The molecule has 0 aliphatic carbocycles. The number of hydrogen-bond donors (Lipinski definition) is 0. The van der Waals surface area contributed by atoms with Gasteiger partial charge in [0, 0.05) is 14.0 Å². The fourth-order valence-corrected chi connectivity index (χ4v) is 2.91. The molecule has 0 aliphatic rings. The van der Waals surface area contributed by atoms with Gasteiger partial charge >= 0.3 is 0 Å². The van der Waals surface area contributed by atoms with Crippen molar-refractivity contribution in [3.8, 4) is 0 Å². The lowest BCUT2D eigenvalue weighted by Crippen LogP contribution is -2.23. The smallest absolute Gasteiger partial charge is 0.224 e. The summed E-state index contributed by atoms with van der Waals surface area (Å²) in [6.07, 6.45) is 0. The molecule has 2 rings (SSSR count). The van der Waals surface area contributed by atoms with E-state index in [9.17, 15) is 14.0 Å². The van der Waals surface area contributed by atoms with Gasteiger partial charge in [0.2, 0.25) is 5.91 Å². The average molecular weight is 312 g/mol. The van der Waals surface area contributed by atoms with Gasteiger partial charge in [0.1, 0.15) is 10.8 Å². The van der Waals surface area contributed by atoms with Gasteiger partial charge in [-0.05, 0) is 18.2 Å². The molecule has 1 amide bonds. The van der Waals surface area contributed by atoms with E-state index in [0.29, 0.717) is 9.34 Å². The highest BCUT2D eigenvalue weighted by Gasteiger charge is 2.23. The molecule has 3 nitrogen and oxygen atoms in total. The van der Waals surface area contributed by atoms with Crippen LogP contribution in [-0.4, -0.2) is 18.7 Å². The zero-order valence-electron chi connectivity index (χ0n) is 10.8. The van der Waals surface area contributed by atoms with Crippen LogP contribution in [0.15, 0.2) is 30.3 Å². The van der Waals surface area contributed by atoms with Gasteiger partial charge in [0.25, 0.3) is 0 Å². The molecule has 104 valence electrons. The molecule has 1 heterocycles. The number of rotatable bonds is 3. The molecule has 0 saturated heterocycles. The van der Waals surface area contributed by atoms with Crippen LogP contribution in [0.4, 0.5) is 9.39 Å². The molecular formula is C14H11ClFNO2S. The summed E-state index contributed by atoms with van der Waals surface area (Å²) in [6.45, 7) is 1.38. The zero-order valence-corrected chi connectivity index (χ0v) is 12.4. The van der Waals surface area contributed by atoms with E-state index in [-0.39, 0.29) is 17.0 Å². The topological polar surface area (TPSA) is 37.4 Å². The third kappa shape index (κ3) is 2.73. The Bertz CT molecular complexity index is 684. The van der Waals surface area contributed by atoms with Crippen molar-refractivity contribution < 1.29 is 14.0 Å². The number of carbonyl (C=O) groups excluding carboxylic acids is 2. The van der Waals surface area contributed by atoms with Crippen LogP contribution in [0.3, 0.4) is 0 Å². The number of carbonyl (C=O) groups is 2. The van der Waals surface area contributed by atoms with Gasteiger partial charge < -0.3 is 4.90 Å². The van der Waals surface area contributed by atoms with Crippen LogP contribution in [0.2, 0.25) is 4.34 Å². The SMILES string of the molecule is CC(=O)N(C)c1sc(Cl)cc1C(=O)c1ccccc1F. The summed E-state index contributed by atoms with van der Waals surface area (Å²) in [5, 5.41) is 0.413. The Hall–Kier alpha value is -1.72. The second-order valence-corrected chi connectivity index (χ2v) is 5.82. The Labute approximate surface area is 124 Å². The summed E-state index contributed by atoms with van der Waals surface area (Å²) < 4.78 is 14.1. The third-order valence-electron chi connectivity index (χ3n) is 2.82. The minimum atomic E-state index is -0.601. The maximum absolute atomic E-state index is 13.7. The van der Waals surface area contributed by atoms with Gasteiger partial charge in [-0.2, -0.15) is 0 Å². The maximum Gasteiger partial charge on any atom is 0.224 e. The second kappa shape index (κ2) is 5.73. The number of anilines is 1. The van der Waals surface area contributed by atoms with Crippen molar-refractivity contribution in [1.29, 1.82) is 0 Å². The molecule has 0 bridgehead atoms. The average Bonchev–Trinajstić information content (AvgIpc) is 2.79. The van der Waals surface area contributed by atoms with Gasteiger partial charge in [-0.25, -0.2) is 4.39 Å². The molecule has 2 aromatic rings. The van der Waals surface area contributed by atoms with Crippen molar-refractivity contribution in [2.24, 2.45) is 0 Å². The fraction of sp³-hybridized carbons (Fsp3) is 0.143. The van der Waals surface area contributed by atoms with Crippen LogP contribution in [-0.2, 0) is 4.79 Å². The van der Waals surface area contributed by atoms with E-state index in [1.807, 2.05) is 0 Å². The highest BCUT2D eigenvalue weighted by molar-refractivity contribution is 7.20.